The van der Waals surface area contributed by atoms with Crippen LogP contribution in [0, 0.1) is 0 Å². The number of rotatable bonds is 7. The van der Waals surface area contributed by atoms with Crippen LogP contribution in [0.1, 0.15) is 19.8 Å². The second-order valence-corrected chi connectivity index (χ2v) is 4.88. The predicted molar refractivity (Wildman–Crippen MR) is 76.6 cm³/mol. The molecular weight excluding hydrogens is 230 g/mol. The normalized spacial score (nSPS) is 11.5. The molecule has 0 aliphatic heterocycles. The highest BCUT2D eigenvalue weighted by molar-refractivity contribution is 7.99. The fourth-order valence-electron chi connectivity index (χ4n) is 1.28. The number of nitrogens with zero attached hydrogens (tertiary/aromatic N) is 1. The van der Waals surface area contributed by atoms with Gasteiger partial charge in [0.1, 0.15) is 0 Å². The smallest absolute Gasteiger partial charge is 0.188 e. The van der Waals surface area contributed by atoms with E-state index < -0.39 is 0 Å². The van der Waals surface area contributed by atoms with Crippen LogP contribution >= 0.6 is 11.8 Å². The number of guanidine groups is 1. The van der Waals surface area contributed by atoms with Gasteiger partial charge in [-0.05, 0) is 18.6 Å². The van der Waals surface area contributed by atoms with Crippen molar-refractivity contribution in [1.82, 2.24) is 5.32 Å². The van der Waals surface area contributed by atoms with E-state index in [1.54, 1.807) is 0 Å². The van der Waals surface area contributed by atoms with E-state index in [9.17, 15) is 0 Å². The van der Waals surface area contributed by atoms with Crippen LogP contribution in [-0.2, 0) is 0 Å². The molecule has 1 rings (SSSR count). The van der Waals surface area contributed by atoms with Gasteiger partial charge in [0.15, 0.2) is 5.96 Å². The molecule has 0 heterocycles. The Morgan fingerprint density at radius 3 is 2.82 bits per heavy atom. The maximum Gasteiger partial charge on any atom is 0.188 e. The van der Waals surface area contributed by atoms with Crippen molar-refractivity contribution in [2.75, 3.05) is 18.8 Å². The van der Waals surface area contributed by atoms with E-state index >= 15 is 0 Å². The van der Waals surface area contributed by atoms with Gasteiger partial charge in [0, 0.05) is 23.7 Å². The average Bonchev–Trinajstić information content (AvgIpc) is 2.36. The summed E-state index contributed by atoms with van der Waals surface area (Å²) in [6, 6.07) is 10.4. The lowest BCUT2D eigenvalue weighted by atomic mass is 10.3. The molecule has 0 unspecified atom stereocenters. The third-order valence-corrected chi connectivity index (χ3v) is 3.23. The molecule has 17 heavy (non-hydrogen) atoms. The Morgan fingerprint density at radius 1 is 1.35 bits per heavy atom. The minimum Gasteiger partial charge on any atom is -0.370 e. The Bertz CT molecular complexity index is 325. The van der Waals surface area contributed by atoms with Crippen LogP contribution in [0.15, 0.2) is 40.2 Å². The molecule has 1 aromatic rings. The Morgan fingerprint density at radius 2 is 2.12 bits per heavy atom. The minimum atomic E-state index is 0.562. The van der Waals surface area contributed by atoms with Crippen LogP contribution in [0.25, 0.3) is 0 Å². The molecule has 1 aromatic carbocycles. The lowest BCUT2D eigenvalue weighted by molar-refractivity contribution is 0.798. The SMILES string of the molecule is CCCCN=C(N)NCCSc1ccccc1. The van der Waals surface area contributed by atoms with Gasteiger partial charge in [0.2, 0.25) is 0 Å². The monoisotopic (exact) mass is 251 g/mol. The molecule has 0 atom stereocenters. The van der Waals surface area contributed by atoms with Crippen molar-refractivity contribution in [2.24, 2.45) is 10.7 Å². The van der Waals surface area contributed by atoms with E-state index in [0.29, 0.717) is 5.96 Å². The second-order valence-electron chi connectivity index (χ2n) is 3.71. The summed E-state index contributed by atoms with van der Waals surface area (Å²) in [5.74, 6) is 1.56. The number of nitrogens with two attached hydrogens (primary N) is 1. The number of hydrogen-bond acceptors (Lipinski definition) is 2. The molecule has 3 N–H and O–H groups in total. The van der Waals surface area contributed by atoms with Gasteiger partial charge in [0.25, 0.3) is 0 Å². The van der Waals surface area contributed by atoms with Crippen molar-refractivity contribution >= 4 is 17.7 Å². The molecule has 0 aromatic heterocycles. The van der Waals surface area contributed by atoms with Gasteiger partial charge in [-0.2, -0.15) is 0 Å². The average molecular weight is 251 g/mol. The summed E-state index contributed by atoms with van der Waals surface area (Å²) in [6.45, 7) is 3.82. The molecular formula is C13H21N3S. The second kappa shape index (κ2) is 8.93. The molecule has 0 bridgehead atoms. The minimum absolute atomic E-state index is 0.562. The zero-order valence-corrected chi connectivity index (χ0v) is 11.2. The van der Waals surface area contributed by atoms with Crippen molar-refractivity contribution in [2.45, 2.75) is 24.7 Å². The van der Waals surface area contributed by atoms with Crippen LogP contribution < -0.4 is 11.1 Å². The van der Waals surface area contributed by atoms with E-state index in [1.807, 2.05) is 17.8 Å². The molecule has 0 spiro atoms. The lowest BCUT2D eigenvalue weighted by Gasteiger charge is -2.05. The fourth-order valence-corrected chi connectivity index (χ4v) is 2.07. The number of benzene rings is 1. The summed E-state index contributed by atoms with van der Waals surface area (Å²) in [4.78, 5) is 5.52. The van der Waals surface area contributed by atoms with Gasteiger partial charge < -0.3 is 11.1 Å². The Labute approximate surface area is 108 Å². The van der Waals surface area contributed by atoms with Crippen molar-refractivity contribution in [3.63, 3.8) is 0 Å². The number of hydrogen-bond donors (Lipinski definition) is 2. The van der Waals surface area contributed by atoms with Gasteiger partial charge in [-0.15, -0.1) is 11.8 Å². The largest absolute Gasteiger partial charge is 0.370 e. The standard InChI is InChI=1S/C13H21N3S/c1-2-3-9-15-13(14)16-10-11-17-12-7-5-4-6-8-12/h4-8H,2-3,9-11H2,1H3,(H3,14,15,16). The predicted octanol–water partition coefficient (Wildman–Crippen LogP) is 2.48. The Balaban J connectivity index is 2.09. The topological polar surface area (TPSA) is 50.4 Å². The number of thioether (sulfide) groups is 1. The van der Waals surface area contributed by atoms with E-state index in [0.717, 1.165) is 31.7 Å². The number of nitrogens with one attached hydrogen (secondary N) is 1. The zero-order chi connectivity index (χ0) is 12.3. The first-order chi connectivity index (χ1) is 8.33. The van der Waals surface area contributed by atoms with Gasteiger partial charge in [-0.3, -0.25) is 4.99 Å². The van der Waals surface area contributed by atoms with E-state index in [-0.39, 0.29) is 0 Å². The van der Waals surface area contributed by atoms with Gasteiger partial charge in [-0.1, -0.05) is 31.5 Å². The summed E-state index contributed by atoms with van der Waals surface area (Å²) in [7, 11) is 0. The van der Waals surface area contributed by atoms with Crippen LogP contribution in [0.5, 0.6) is 0 Å². The fraction of sp³-hybridized carbons (Fsp3) is 0.462. The highest BCUT2D eigenvalue weighted by Crippen LogP contribution is 2.15. The van der Waals surface area contributed by atoms with Crippen LogP contribution in [0.3, 0.4) is 0 Å². The van der Waals surface area contributed by atoms with Crippen molar-refractivity contribution < 1.29 is 0 Å². The summed E-state index contributed by atoms with van der Waals surface area (Å²) in [6.07, 6.45) is 2.25. The van der Waals surface area contributed by atoms with Gasteiger partial charge in [-0.25, -0.2) is 0 Å². The van der Waals surface area contributed by atoms with Crippen molar-refractivity contribution in [1.29, 1.82) is 0 Å². The first-order valence-corrected chi connectivity index (χ1v) is 7.03. The maximum atomic E-state index is 5.72. The molecule has 4 heteroatoms. The van der Waals surface area contributed by atoms with E-state index in [1.165, 1.54) is 4.90 Å². The molecule has 3 nitrogen and oxygen atoms in total. The first-order valence-electron chi connectivity index (χ1n) is 6.04. The summed E-state index contributed by atoms with van der Waals surface area (Å²) >= 11 is 1.82. The Hall–Kier alpha value is -1.16. The molecule has 0 saturated heterocycles. The highest BCUT2D eigenvalue weighted by atomic mass is 32.2. The molecule has 94 valence electrons. The highest BCUT2D eigenvalue weighted by Gasteiger charge is 1.93. The number of unbranched alkanes of at least 4 members (excludes halogenated alkanes) is 1. The third-order valence-electron chi connectivity index (χ3n) is 2.21. The molecule has 0 radical (unpaired) electrons. The zero-order valence-electron chi connectivity index (χ0n) is 10.4. The molecule has 0 fully saturated rings. The third kappa shape index (κ3) is 6.89. The number of aliphatic imine (C=N–C) groups is 1. The summed E-state index contributed by atoms with van der Waals surface area (Å²) in [5, 5.41) is 3.12. The maximum absolute atomic E-state index is 5.72. The summed E-state index contributed by atoms with van der Waals surface area (Å²) in [5.41, 5.74) is 5.72. The molecule has 0 aliphatic carbocycles. The van der Waals surface area contributed by atoms with E-state index in [4.69, 9.17) is 5.73 Å². The molecule has 0 amide bonds. The quantitative estimate of drug-likeness (QED) is 0.339. The molecule has 0 aliphatic rings. The lowest BCUT2D eigenvalue weighted by Crippen LogP contribution is -2.33. The van der Waals surface area contributed by atoms with Crippen LogP contribution in [0.2, 0.25) is 0 Å². The molecule has 0 saturated carbocycles. The van der Waals surface area contributed by atoms with Gasteiger partial charge in [0.05, 0.1) is 0 Å². The van der Waals surface area contributed by atoms with E-state index in [2.05, 4.69) is 41.5 Å². The van der Waals surface area contributed by atoms with Crippen LogP contribution in [-0.4, -0.2) is 24.8 Å². The van der Waals surface area contributed by atoms with Crippen molar-refractivity contribution in [3.05, 3.63) is 30.3 Å². The van der Waals surface area contributed by atoms with Crippen LogP contribution in [0.4, 0.5) is 0 Å². The van der Waals surface area contributed by atoms with Gasteiger partial charge >= 0.3 is 0 Å². The first kappa shape index (κ1) is 13.9. The van der Waals surface area contributed by atoms with Crippen molar-refractivity contribution in [3.8, 4) is 0 Å². The summed E-state index contributed by atoms with van der Waals surface area (Å²) < 4.78 is 0. The Kier molecular flexibility index (Phi) is 7.30.